The lowest BCUT2D eigenvalue weighted by molar-refractivity contribution is -0.384. The SMILES string of the molecule is COc1ccc2c(c1)c(OC(=O)c1c(F)cccc1C(F)(F)F)nn2Cc1cccc([N+](=O)[O-])c1. The molecule has 4 aromatic rings. The average molecular weight is 489 g/mol. The van der Waals surface area contributed by atoms with Crippen LogP contribution in [0.15, 0.2) is 60.7 Å². The molecule has 12 heteroatoms. The highest BCUT2D eigenvalue weighted by molar-refractivity contribution is 5.96. The van der Waals surface area contributed by atoms with E-state index in [1.54, 1.807) is 18.2 Å². The number of methoxy groups -OCH3 is 1. The Balaban J connectivity index is 1.77. The third kappa shape index (κ3) is 4.76. The Hall–Kier alpha value is -4.48. The molecule has 180 valence electrons. The summed E-state index contributed by atoms with van der Waals surface area (Å²) < 4.78 is 66.0. The van der Waals surface area contributed by atoms with Crippen LogP contribution >= 0.6 is 0 Å². The third-order valence-corrected chi connectivity index (χ3v) is 5.09. The van der Waals surface area contributed by atoms with Gasteiger partial charge in [0.15, 0.2) is 0 Å². The zero-order valence-electron chi connectivity index (χ0n) is 17.9. The van der Waals surface area contributed by atoms with Crippen molar-refractivity contribution < 1.29 is 36.8 Å². The zero-order chi connectivity index (χ0) is 25.3. The first kappa shape index (κ1) is 23.7. The molecular weight excluding hydrogens is 474 g/mol. The summed E-state index contributed by atoms with van der Waals surface area (Å²) in [4.78, 5) is 23.2. The van der Waals surface area contributed by atoms with E-state index in [-0.39, 0.29) is 23.5 Å². The van der Waals surface area contributed by atoms with Gasteiger partial charge in [-0.2, -0.15) is 13.2 Å². The summed E-state index contributed by atoms with van der Waals surface area (Å²) in [7, 11) is 1.38. The second-order valence-electron chi connectivity index (χ2n) is 7.32. The molecule has 0 aliphatic rings. The highest BCUT2D eigenvalue weighted by Gasteiger charge is 2.38. The number of esters is 1. The number of benzene rings is 3. The van der Waals surface area contributed by atoms with E-state index >= 15 is 0 Å². The molecule has 0 aliphatic heterocycles. The summed E-state index contributed by atoms with van der Waals surface area (Å²) in [6.07, 6.45) is -5.00. The quantitative estimate of drug-likeness (QED) is 0.156. The van der Waals surface area contributed by atoms with E-state index in [1.807, 2.05) is 0 Å². The van der Waals surface area contributed by atoms with E-state index < -0.39 is 34.0 Å². The summed E-state index contributed by atoms with van der Waals surface area (Å²) in [5, 5.41) is 15.4. The molecule has 3 aromatic carbocycles. The number of alkyl halides is 3. The van der Waals surface area contributed by atoms with Crippen LogP contribution < -0.4 is 9.47 Å². The molecule has 0 unspecified atom stereocenters. The van der Waals surface area contributed by atoms with Crippen LogP contribution in [0.4, 0.5) is 23.2 Å². The lowest BCUT2D eigenvalue weighted by atomic mass is 10.1. The van der Waals surface area contributed by atoms with Gasteiger partial charge in [-0.1, -0.05) is 18.2 Å². The van der Waals surface area contributed by atoms with Crippen LogP contribution in [-0.4, -0.2) is 27.8 Å². The predicted molar refractivity (Wildman–Crippen MR) is 115 cm³/mol. The lowest BCUT2D eigenvalue weighted by Gasteiger charge is -2.12. The van der Waals surface area contributed by atoms with Crippen molar-refractivity contribution >= 4 is 22.6 Å². The van der Waals surface area contributed by atoms with E-state index in [1.165, 1.54) is 36.1 Å². The van der Waals surface area contributed by atoms with Gasteiger partial charge >= 0.3 is 12.1 Å². The van der Waals surface area contributed by atoms with Crippen molar-refractivity contribution in [3.05, 3.63) is 93.3 Å². The van der Waals surface area contributed by atoms with Crippen molar-refractivity contribution in [3.8, 4) is 11.6 Å². The van der Waals surface area contributed by atoms with Gasteiger partial charge in [0.2, 0.25) is 5.88 Å². The molecule has 0 bridgehead atoms. The zero-order valence-corrected chi connectivity index (χ0v) is 17.9. The van der Waals surface area contributed by atoms with Crippen LogP contribution in [0.2, 0.25) is 0 Å². The summed E-state index contributed by atoms with van der Waals surface area (Å²) in [6, 6.07) is 12.5. The number of halogens is 4. The number of hydrogen-bond donors (Lipinski definition) is 0. The van der Waals surface area contributed by atoms with E-state index in [4.69, 9.17) is 9.47 Å². The van der Waals surface area contributed by atoms with Gasteiger partial charge in [-0.25, -0.2) is 9.18 Å². The van der Waals surface area contributed by atoms with Crippen LogP contribution in [0.5, 0.6) is 11.6 Å². The van der Waals surface area contributed by atoms with Gasteiger partial charge in [0.05, 0.1) is 35.0 Å². The van der Waals surface area contributed by atoms with Crippen molar-refractivity contribution in [1.82, 2.24) is 9.78 Å². The molecule has 35 heavy (non-hydrogen) atoms. The maximum absolute atomic E-state index is 14.3. The Kier molecular flexibility index (Phi) is 6.12. The molecule has 0 fully saturated rings. The van der Waals surface area contributed by atoms with Crippen molar-refractivity contribution in [3.63, 3.8) is 0 Å². The van der Waals surface area contributed by atoms with Gasteiger partial charge in [-0.05, 0) is 35.9 Å². The number of nitrogens with zero attached hydrogens (tertiary/aromatic N) is 3. The van der Waals surface area contributed by atoms with Crippen LogP contribution in [0, 0.1) is 15.9 Å². The summed E-state index contributed by atoms with van der Waals surface area (Å²) in [5.74, 6) is -3.03. The monoisotopic (exact) mass is 489 g/mol. The predicted octanol–water partition coefficient (Wildman–Crippen LogP) is 5.38. The lowest BCUT2D eigenvalue weighted by Crippen LogP contribution is -2.19. The van der Waals surface area contributed by atoms with Crippen molar-refractivity contribution in [1.29, 1.82) is 0 Å². The summed E-state index contributed by atoms with van der Waals surface area (Å²) in [6.45, 7) is 0.00948. The first-order valence-corrected chi connectivity index (χ1v) is 9.94. The molecule has 4 rings (SSSR count). The molecule has 8 nitrogen and oxygen atoms in total. The topological polar surface area (TPSA) is 96.5 Å². The molecule has 0 saturated carbocycles. The smallest absolute Gasteiger partial charge is 0.417 e. The number of carbonyl (C=O) groups is 1. The number of nitro groups is 1. The second-order valence-corrected chi connectivity index (χ2v) is 7.32. The van der Waals surface area contributed by atoms with E-state index in [2.05, 4.69) is 5.10 Å². The Morgan fingerprint density at radius 2 is 1.86 bits per heavy atom. The second kappa shape index (κ2) is 9.05. The van der Waals surface area contributed by atoms with Gasteiger partial charge in [-0.3, -0.25) is 14.8 Å². The molecular formula is C23H15F4N3O5. The number of non-ortho nitro benzene ring substituents is 1. The molecule has 0 saturated heterocycles. The van der Waals surface area contributed by atoms with E-state index in [0.29, 0.717) is 29.0 Å². The fourth-order valence-corrected chi connectivity index (χ4v) is 3.50. The maximum atomic E-state index is 14.3. The van der Waals surface area contributed by atoms with Crippen molar-refractivity contribution in [2.75, 3.05) is 7.11 Å². The first-order chi connectivity index (χ1) is 16.6. The fourth-order valence-electron chi connectivity index (χ4n) is 3.50. The standard InChI is InChI=1S/C23H15F4N3O5/c1-34-15-8-9-19-16(11-15)21(28-29(19)12-13-4-2-5-14(10-13)30(32)33)35-22(31)20-17(23(25,26)27)6-3-7-18(20)24/h2-11H,12H2,1H3. The molecule has 0 aliphatic carbocycles. The van der Waals surface area contributed by atoms with Crippen molar-refractivity contribution in [2.45, 2.75) is 12.7 Å². The average Bonchev–Trinajstić information content (AvgIpc) is 3.14. The van der Waals surface area contributed by atoms with Crippen LogP contribution in [0.25, 0.3) is 10.9 Å². The Bertz CT molecular complexity index is 1450. The largest absolute Gasteiger partial charge is 0.497 e. The van der Waals surface area contributed by atoms with Gasteiger partial charge in [0.1, 0.15) is 17.1 Å². The highest BCUT2D eigenvalue weighted by atomic mass is 19.4. The molecule has 0 amide bonds. The Morgan fingerprint density at radius 3 is 2.54 bits per heavy atom. The molecule has 1 aromatic heterocycles. The summed E-state index contributed by atoms with van der Waals surface area (Å²) >= 11 is 0. The van der Waals surface area contributed by atoms with E-state index in [0.717, 1.165) is 6.07 Å². The highest BCUT2D eigenvalue weighted by Crippen LogP contribution is 2.35. The third-order valence-electron chi connectivity index (χ3n) is 5.09. The molecule has 0 radical (unpaired) electrons. The van der Waals surface area contributed by atoms with Gasteiger partial charge in [0.25, 0.3) is 5.69 Å². The number of nitro benzene ring substituents is 1. The number of rotatable bonds is 6. The van der Waals surface area contributed by atoms with Crippen LogP contribution in [0.3, 0.4) is 0 Å². The van der Waals surface area contributed by atoms with E-state index in [9.17, 15) is 32.5 Å². The normalized spacial score (nSPS) is 11.5. The minimum absolute atomic E-state index is 0.00948. The summed E-state index contributed by atoms with van der Waals surface area (Å²) in [5.41, 5.74) is -2.02. The Morgan fingerprint density at radius 1 is 1.11 bits per heavy atom. The molecule has 1 heterocycles. The van der Waals surface area contributed by atoms with Gasteiger partial charge in [-0.15, -0.1) is 5.10 Å². The number of aromatic nitrogens is 2. The molecule has 0 atom stereocenters. The molecule has 0 spiro atoms. The van der Waals surface area contributed by atoms with Crippen molar-refractivity contribution in [2.24, 2.45) is 0 Å². The number of fused-ring (bicyclic) bond motifs is 1. The maximum Gasteiger partial charge on any atom is 0.417 e. The van der Waals surface area contributed by atoms with Gasteiger partial charge in [0, 0.05) is 12.1 Å². The minimum atomic E-state index is -5.00. The Labute approximate surface area is 194 Å². The van der Waals surface area contributed by atoms with Crippen LogP contribution in [0.1, 0.15) is 21.5 Å². The molecule has 0 N–H and O–H groups in total. The fraction of sp³-hybridized carbons (Fsp3) is 0.130. The van der Waals surface area contributed by atoms with Gasteiger partial charge < -0.3 is 9.47 Å². The number of carbonyl (C=O) groups excluding carboxylic acids is 1. The number of hydrogen-bond acceptors (Lipinski definition) is 6. The first-order valence-electron chi connectivity index (χ1n) is 9.94. The number of ether oxygens (including phenoxy) is 2. The van der Waals surface area contributed by atoms with Crippen LogP contribution in [-0.2, 0) is 12.7 Å². The minimum Gasteiger partial charge on any atom is -0.497 e.